The number of benzene rings is 1. The molecule has 0 atom stereocenters. The van der Waals surface area contributed by atoms with Crippen LogP contribution in [0, 0.1) is 18.8 Å². The monoisotopic (exact) mass is 366 g/mol. The minimum Gasteiger partial charge on any atom is -0.317 e. The van der Waals surface area contributed by atoms with E-state index in [4.69, 9.17) is 11.6 Å². The molecule has 24 heavy (non-hydrogen) atoms. The molecule has 0 radical (unpaired) electrons. The van der Waals surface area contributed by atoms with Crippen molar-refractivity contribution in [3.63, 3.8) is 0 Å². The molecule has 2 heterocycles. The maximum Gasteiger partial charge on any atom is 0.0446 e. The van der Waals surface area contributed by atoms with Gasteiger partial charge in [0, 0.05) is 23.0 Å². The Balaban J connectivity index is 1.35. The standard InChI is InChI=1S/C20H31ClN2S/c1-16-19(21)6-3-7-20(16)24-23-14-10-18(11-15-23)5-2-4-17-8-12-22-13-9-17/h3,6-7,17-18,22H,2,4-5,8-15H2,1H3. The first-order valence-corrected chi connectivity index (χ1v) is 10.8. The molecule has 2 nitrogen and oxygen atoms in total. The fourth-order valence-electron chi connectivity index (χ4n) is 3.98. The van der Waals surface area contributed by atoms with Crippen molar-refractivity contribution in [3.8, 4) is 0 Å². The average Bonchev–Trinajstić information content (AvgIpc) is 2.61. The van der Waals surface area contributed by atoms with Crippen LogP contribution in [0.15, 0.2) is 23.1 Å². The Morgan fingerprint density at radius 2 is 1.75 bits per heavy atom. The molecular formula is C20H31ClN2S. The van der Waals surface area contributed by atoms with Crippen LogP contribution in [0.1, 0.15) is 50.5 Å². The molecule has 1 aromatic rings. The van der Waals surface area contributed by atoms with Crippen LogP contribution in [0.5, 0.6) is 0 Å². The molecule has 2 aliphatic rings. The van der Waals surface area contributed by atoms with Gasteiger partial charge in [0.05, 0.1) is 0 Å². The van der Waals surface area contributed by atoms with Gasteiger partial charge in [-0.1, -0.05) is 36.9 Å². The second kappa shape index (κ2) is 9.47. The third-order valence-corrected chi connectivity index (χ3v) is 7.37. The Kier molecular flexibility index (Phi) is 7.33. The summed E-state index contributed by atoms with van der Waals surface area (Å²) >= 11 is 8.14. The maximum atomic E-state index is 6.24. The fraction of sp³-hybridized carbons (Fsp3) is 0.700. The third kappa shape index (κ3) is 5.39. The van der Waals surface area contributed by atoms with E-state index in [9.17, 15) is 0 Å². The lowest BCUT2D eigenvalue weighted by atomic mass is 9.87. The van der Waals surface area contributed by atoms with Crippen molar-refractivity contribution >= 4 is 23.5 Å². The first-order chi connectivity index (χ1) is 11.7. The van der Waals surface area contributed by atoms with Gasteiger partial charge >= 0.3 is 0 Å². The number of piperidine rings is 2. The number of hydrogen-bond donors (Lipinski definition) is 1. The van der Waals surface area contributed by atoms with Gasteiger partial charge in [-0.3, -0.25) is 0 Å². The summed E-state index contributed by atoms with van der Waals surface area (Å²) in [4.78, 5) is 1.31. The molecule has 0 saturated carbocycles. The van der Waals surface area contributed by atoms with E-state index in [2.05, 4.69) is 28.7 Å². The average molecular weight is 367 g/mol. The van der Waals surface area contributed by atoms with Crippen molar-refractivity contribution in [1.82, 2.24) is 9.62 Å². The lowest BCUT2D eigenvalue weighted by Crippen LogP contribution is -2.29. The van der Waals surface area contributed by atoms with Crippen LogP contribution < -0.4 is 5.32 Å². The van der Waals surface area contributed by atoms with Crippen LogP contribution >= 0.6 is 23.5 Å². The Labute approximate surface area is 156 Å². The minimum absolute atomic E-state index is 0.882. The molecule has 2 fully saturated rings. The third-order valence-electron chi connectivity index (χ3n) is 5.70. The zero-order chi connectivity index (χ0) is 16.8. The Morgan fingerprint density at radius 1 is 1.08 bits per heavy atom. The summed E-state index contributed by atoms with van der Waals surface area (Å²) in [6.45, 7) is 7.04. The van der Waals surface area contributed by atoms with Gasteiger partial charge in [-0.15, -0.1) is 0 Å². The van der Waals surface area contributed by atoms with Gasteiger partial charge in [-0.05, 0) is 87.2 Å². The van der Waals surface area contributed by atoms with Gasteiger partial charge in [0.1, 0.15) is 0 Å². The summed E-state index contributed by atoms with van der Waals surface area (Å²) in [5.41, 5.74) is 1.22. The summed E-state index contributed by atoms with van der Waals surface area (Å²) in [6, 6.07) is 6.23. The number of nitrogens with one attached hydrogen (secondary N) is 1. The van der Waals surface area contributed by atoms with E-state index in [1.807, 2.05) is 18.0 Å². The van der Waals surface area contributed by atoms with Crippen LogP contribution in [0.3, 0.4) is 0 Å². The predicted octanol–water partition coefficient (Wildman–Crippen LogP) is 5.54. The fourth-order valence-corrected chi connectivity index (χ4v) is 5.27. The SMILES string of the molecule is Cc1c(Cl)cccc1SN1CCC(CCCC2CCNCC2)CC1. The summed E-state index contributed by atoms with van der Waals surface area (Å²) in [5.74, 6) is 1.94. The van der Waals surface area contributed by atoms with E-state index >= 15 is 0 Å². The molecule has 0 bridgehead atoms. The second-order valence-corrected chi connectivity index (χ2v) is 9.00. The predicted molar refractivity (Wildman–Crippen MR) is 106 cm³/mol. The van der Waals surface area contributed by atoms with Crippen molar-refractivity contribution in [2.75, 3.05) is 26.2 Å². The first-order valence-electron chi connectivity index (χ1n) is 9.61. The number of nitrogens with zero attached hydrogens (tertiary/aromatic N) is 1. The number of rotatable bonds is 6. The highest BCUT2D eigenvalue weighted by Crippen LogP contribution is 2.34. The maximum absolute atomic E-state index is 6.24. The van der Waals surface area contributed by atoms with Crippen LogP contribution in [-0.4, -0.2) is 30.5 Å². The summed E-state index contributed by atoms with van der Waals surface area (Å²) in [5, 5.41) is 4.35. The molecule has 4 heteroatoms. The molecule has 0 aliphatic carbocycles. The Hall–Kier alpha value is -0.220. The number of halogens is 1. The number of hydrogen-bond acceptors (Lipinski definition) is 3. The van der Waals surface area contributed by atoms with Gasteiger partial charge in [0.2, 0.25) is 0 Å². The molecular weight excluding hydrogens is 336 g/mol. The topological polar surface area (TPSA) is 15.3 Å². The van der Waals surface area contributed by atoms with E-state index in [1.54, 1.807) is 0 Å². The summed E-state index contributed by atoms with van der Waals surface area (Å²) in [7, 11) is 0. The molecule has 0 unspecified atom stereocenters. The molecule has 0 spiro atoms. The molecule has 2 aliphatic heterocycles. The molecule has 1 N–H and O–H groups in total. The highest BCUT2D eigenvalue weighted by molar-refractivity contribution is 7.97. The van der Waals surface area contributed by atoms with E-state index in [-0.39, 0.29) is 0 Å². The van der Waals surface area contributed by atoms with Gasteiger partial charge in [-0.2, -0.15) is 0 Å². The molecule has 134 valence electrons. The zero-order valence-corrected chi connectivity index (χ0v) is 16.5. The lowest BCUT2D eigenvalue weighted by Gasteiger charge is -2.31. The van der Waals surface area contributed by atoms with Crippen LogP contribution in [0.25, 0.3) is 0 Å². The largest absolute Gasteiger partial charge is 0.317 e. The highest BCUT2D eigenvalue weighted by atomic mass is 35.5. The van der Waals surface area contributed by atoms with E-state index < -0.39 is 0 Å². The molecule has 0 aromatic heterocycles. The molecule has 0 amide bonds. The van der Waals surface area contributed by atoms with Crippen LogP contribution in [0.2, 0.25) is 5.02 Å². The Bertz CT molecular complexity index is 508. The van der Waals surface area contributed by atoms with Crippen molar-refractivity contribution < 1.29 is 0 Å². The molecule has 2 saturated heterocycles. The van der Waals surface area contributed by atoms with Gasteiger partial charge in [-0.25, -0.2) is 4.31 Å². The smallest absolute Gasteiger partial charge is 0.0446 e. The first kappa shape index (κ1) is 18.6. The molecule has 3 rings (SSSR count). The molecule has 1 aromatic carbocycles. The summed E-state index contributed by atoms with van der Waals surface area (Å²) < 4.78 is 2.53. The summed E-state index contributed by atoms with van der Waals surface area (Å²) in [6.07, 6.45) is 9.85. The quantitative estimate of drug-likeness (QED) is 0.665. The van der Waals surface area contributed by atoms with Crippen molar-refractivity contribution in [3.05, 3.63) is 28.8 Å². The second-order valence-electron chi connectivity index (χ2n) is 7.45. The van der Waals surface area contributed by atoms with E-state index in [0.717, 1.165) is 16.9 Å². The normalized spacial score (nSPS) is 21.2. The van der Waals surface area contributed by atoms with Crippen molar-refractivity contribution in [2.45, 2.75) is 56.8 Å². The van der Waals surface area contributed by atoms with E-state index in [1.165, 1.54) is 81.6 Å². The highest BCUT2D eigenvalue weighted by Gasteiger charge is 2.21. The lowest BCUT2D eigenvalue weighted by molar-refractivity contribution is 0.262. The van der Waals surface area contributed by atoms with E-state index in [0.29, 0.717) is 0 Å². The van der Waals surface area contributed by atoms with Gasteiger partial charge < -0.3 is 5.32 Å². The van der Waals surface area contributed by atoms with Gasteiger partial charge in [0.25, 0.3) is 0 Å². The van der Waals surface area contributed by atoms with Gasteiger partial charge in [0.15, 0.2) is 0 Å². The van der Waals surface area contributed by atoms with Crippen molar-refractivity contribution in [1.29, 1.82) is 0 Å². The minimum atomic E-state index is 0.882. The van der Waals surface area contributed by atoms with Crippen LogP contribution in [0.4, 0.5) is 0 Å². The van der Waals surface area contributed by atoms with Crippen molar-refractivity contribution in [2.24, 2.45) is 11.8 Å². The zero-order valence-electron chi connectivity index (χ0n) is 14.9. The van der Waals surface area contributed by atoms with Crippen LogP contribution in [-0.2, 0) is 0 Å². The Morgan fingerprint density at radius 3 is 2.46 bits per heavy atom.